The third-order valence-corrected chi connectivity index (χ3v) is 3.93. The molecule has 0 saturated carbocycles. The normalized spacial score (nSPS) is 11.2. The lowest BCUT2D eigenvalue weighted by Crippen LogP contribution is -2.25. The fraction of sp³-hybridized carbons (Fsp3) is 0.100. The van der Waals surface area contributed by atoms with Gasteiger partial charge in [-0.05, 0) is 18.4 Å². The number of benzene rings is 3. The van der Waals surface area contributed by atoms with Crippen molar-refractivity contribution in [3.63, 3.8) is 0 Å². The zero-order chi connectivity index (χ0) is 19.2. The number of fused-ring (bicyclic) bond motifs is 1. The first-order valence-corrected chi connectivity index (χ1v) is 8.23. The number of carbonyl (C=O) groups is 1. The smallest absolute Gasteiger partial charge is 0.277 e. The Hall–Kier alpha value is -3.74. The number of nitrogens with zero attached hydrogens (tertiary/aromatic N) is 2. The maximum absolute atomic E-state index is 12.0. The maximum Gasteiger partial charge on any atom is 0.277 e. The van der Waals surface area contributed by atoms with Crippen molar-refractivity contribution in [2.75, 3.05) is 6.61 Å². The van der Waals surface area contributed by atoms with Crippen molar-refractivity contribution in [2.45, 2.75) is 6.92 Å². The molecule has 3 aromatic carbocycles. The van der Waals surface area contributed by atoms with Crippen molar-refractivity contribution in [3.05, 3.63) is 82.4 Å². The lowest BCUT2D eigenvalue weighted by Gasteiger charge is -2.08. The van der Waals surface area contributed by atoms with Crippen LogP contribution in [0.1, 0.15) is 12.5 Å². The van der Waals surface area contributed by atoms with E-state index in [-0.39, 0.29) is 12.3 Å². The molecule has 0 aromatic heterocycles. The summed E-state index contributed by atoms with van der Waals surface area (Å²) in [6.45, 7) is 1.46. The van der Waals surface area contributed by atoms with E-state index >= 15 is 0 Å². The Balaban J connectivity index is 1.63. The van der Waals surface area contributed by atoms with E-state index in [4.69, 9.17) is 4.74 Å². The van der Waals surface area contributed by atoms with Crippen molar-refractivity contribution in [3.8, 4) is 5.75 Å². The van der Waals surface area contributed by atoms with Gasteiger partial charge in [-0.3, -0.25) is 14.9 Å². The van der Waals surface area contributed by atoms with Gasteiger partial charge in [-0.15, -0.1) is 0 Å². The highest BCUT2D eigenvalue weighted by molar-refractivity contribution is 5.99. The maximum atomic E-state index is 12.0. The number of rotatable bonds is 6. The molecule has 27 heavy (non-hydrogen) atoms. The zero-order valence-corrected chi connectivity index (χ0v) is 14.6. The number of amides is 1. The van der Waals surface area contributed by atoms with Crippen LogP contribution in [0.25, 0.3) is 10.8 Å². The summed E-state index contributed by atoms with van der Waals surface area (Å²) in [4.78, 5) is 22.4. The van der Waals surface area contributed by atoms with Crippen molar-refractivity contribution in [2.24, 2.45) is 5.10 Å². The summed E-state index contributed by atoms with van der Waals surface area (Å²) in [5.41, 5.74) is 3.38. The van der Waals surface area contributed by atoms with Gasteiger partial charge < -0.3 is 4.74 Å². The molecule has 1 amide bonds. The second-order valence-electron chi connectivity index (χ2n) is 5.81. The number of hydrogen-bond donors (Lipinski definition) is 1. The van der Waals surface area contributed by atoms with Crippen LogP contribution in [0.15, 0.2) is 71.8 Å². The summed E-state index contributed by atoms with van der Waals surface area (Å²) in [5.74, 6) is 0.190. The third-order valence-electron chi connectivity index (χ3n) is 3.93. The molecule has 7 heteroatoms. The van der Waals surface area contributed by atoms with Crippen molar-refractivity contribution >= 4 is 28.1 Å². The molecule has 0 heterocycles. The molecule has 3 rings (SSSR count). The van der Waals surface area contributed by atoms with E-state index in [1.165, 1.54) is 12.1 Å². The highest BCUT2D eigenvalue weighted by Gasteiger charge is 2.09. The van der Waals surface area contributed by atoms with Gasteiger partial charge in [0, 0.05) is 23.1 Å². The molecule has 0 atom stereocenters. The van der Waals surface area contributed by atoms with Crippen LogP contribution in [0.4, 0.5) is 5.69 Å². The first kappa shape index (κ1) is 18.1. The molecular weight excluding hydrogens is 346 g/mol. The first-order chi connectivity index (χ1) is 13.0. The van der Waals surface area contributed by atoms with E-state index in [9.17, 15) is 14.9 Å². The quantitative estimate of drug-likeness (QED) is 0.411. The molecule has 3 aromatic rings. The zero-order valence-electron chi connectivity index (χ0n) is 14.6. The Morgan fingerprint density at radius 1 is 1.11 bits per heavy atom. The van der Waals surface area contributed by atoms with E-state index < -0.39 is 10.8 Å². The highest BCUT2D eigenvalue weighted by Crippen LogP contribution is 2.24. The average molecular weight is 363 g/mol. The Kier molecular flexibility index (Phi) is 5.41. The molecule has 0 fully saturated rings. The number of nitro benzene ring substituents is 1. The summed E-state index contributed by atoms with van der Waals surface area (Å²) >= 11 is 0. The minimum Gasteiger partial charge on any atom is -0.483 e. The summed E-state index contributed by atoms with van der Waals surface area (Å²) < 4.78 is 5.60. The minimum atomic E-state index is -0.479. The second kappa shape index (κ2) is 8.09. The van der Waals surface area contributed by atoms with Gasteiger partial charge in [0.2, 0.25) is 0 Å². The molecular formula is C20H17N3O4. The SMILES string of the molecule is CC(=NNC(=O)COc1cccc2ccccc12)c1cccc([N+](=O)[O-])c1. The molecule has 136 valence electrons. The first-order valence-electron chi connectivity index (χ1n) is 8.23. The van der Waals surface area contributed by atoms with Gasteiger partial charge in [-0.2, -0.15) is 5.10 Å². The second-order valence-corrected chi connectivity index (χ2v) is 5.81. The molecule has 0 radical (unpaired) electrons. The number of non-ortho nitro benzene ring substituents is 1. The minimum absolute atomic E-state index is 0.0346. The predicted octanol–water partition coefficient (Wildman–Crippen LogP) is 3.67. The van der Waals surface area contributed by atoms with E-state index in [1.54, 1.807) is 25.1 Å². The number of hydrogen-bond acceptors (Lipinski definition) is 5. The summed E-state index contributed by atoms with van der Waals surface area (Å²) in [6.07, 6.45) is 0. The van der Waals surface area contributed by atoms with E-state index in [0.717, 1.165) is 10.8 Å². The van der Waals surface area contributed by atoms with Gasteiger partial charge in [0.25, 0.3) is 11.6 Å². The van der Waals surface area contributed by atoms with Crippen LogP contribution in [0.2, 0.25) is 0 Å². The molecule has 0 aliphatic rings. The van der Waals surface area contributed by atoms with Crippen LogP contribution in [0.3, 0.4) is 0 Å². The highest BCUT2D eigenvalue weighted by atomic mass is 16.6. The van der Waals surface area contributed by atoms with Crippen molar-refractivity contribution < 1.29 is 14.5 Å². The topological polar surface area (TPSA) is 93.8 Å². The number of nitrogens with one attached hydrogen (secondary N) is 1. The molecule has 7 nitrogen and oxygen atoms in total. The van der Waals surface area contributed by atoms with Gasteiger partial charge in [0.1, 0.15) is 5.75 Å². The molecule has 0 aliphatic heterocycles. The standard InChI is InChI=1S/C20H17N3O4/c1-14(16-8-4-9-17(12-16)23(25)26)21-22-20(24)13-27-19-11-5-7-15-6-2-3-10-18(15)19/h2-12H,13H2,1H3,(H,22,24). The molecule has 0 saturated heterocycles. The van der Waals surface area contributed by atoms with Crippen LogP contribution in [0.5, 0.6) is 5.75 Å². The molecule has 0 spiro atoms. The Morgan fingerprint density at radius 2 is 1.85 bits per heavy atom. The summed E-state index contributed by atoms with van der Waals surface area (Å²) in [7, 11) is 0. The van der Waals surface area contributed by atoms with E-state index in [2.05, 4.69) is 10.5 Å². The van der Waals surface area contributed by atoms with E-state index in [0.29, 0.717) is 17.0 Å². The Bertz CT molecular complexity index is 1030. The lowest BCUT2D eigenvalue weighted by molar-refractivity contribution is -0.384. The number of hydrazone groups is 1. The van der Waals surface area contributed by atoms with Gasteiger partial charge in [0.05, 0.1) is 10.6 Å². The summed E-state index contributed by atoms with van der Waals surface area (Å²) in [5, 5.41) is 16.8. The lowest BCUT2D eigenvalue weighted by atomic mass is 10.1. The molecule has 0 bridgehead atoms. The van der Waals surface area contributed by atoms with Crippen LogP contribution in [-0.4, -0.2) is 23.1 Å². The van der Waals surface area contributed by atoms with Crippen molar-refractivity contribution in [1.82, 2.24) is 5.43 Å². The average Bonchev–Trinajstić information content (AvgIpc) is 2.70. The molecule has 0 aliphatic carbocycles. The Labute approximate surface area is 155 Å². The van der Waals surface area contributed by atoms with Crippen LogP contribution >= 0.6 is 0 Å². The van der Waals surface area contributed by atoms with Gasteiger partial charge in [-0.25, -0.2) is 5.43 Å². The fourth-order valence-corrected chi connectivity index (χ4v) is 2.55. The van der Waals surface area contributed by atoms with Crippen LogP contribution in [-0.2, 0) is 4.79 Å². The third kappa shape index (κ3) is 4.46. The van der Waals surface area contributed by atoms with Gasteiger partial charge in [0.15, 0.2) is 6.61 Å². The van der Waals surface area contributed by atoms with E-state index in [1.807, 2.05) is 36.4 Å². The number of carbonyl (C=O) groups excluding carboxylic acids is 1. The number of nitro groups is 1. The van der Waals surface area contributed by atoms with Gasteiger partial charge in [-0.1, -0.05) is 48.5 Å². The molecule has 1 N–H and O–H groups in total. The van der Waals surface area contributed by atoms with Crippen LogP contribution < -0.4 is 10.2 Å². The van der Waals surface area contributed by atoms with Gasteiger partial charge >= 0.3 is 0 Å². The number of ether oxygens (including phenoxy) is 1. The fourth-order valence-electron chi connectivity index (χ4n) is 2.55. The van der Waals surface area contributed by atoms with Crippen molar-refractivity contribution in [1.29, 1.82) is 0 Å². The summed E-state index contributed by atoms with van der Waals surface area (Å²) in [6, 6.07) is 19.4. The Morgan fingerprint density at radius 3 is 2.67 bits per heavy atom. The monoisotopic (exact) mass is 363 g/mol. The predicted molar refractivity (Wildman–Crippen MR) is 103 cm³/mol. The largest absolute Gasteiger partial charge is 0.483 e. The molecule has 0 unspecified atom stereocenters. The van der Waals surface area contributed by atoms with Crippen LogP contribution in [0, 0.1) is 10.1 Å².